The molecule has 1 aromatic carbocycles. The van der Waals surface area contributed by atoms with Crippen LogP contribution in [0.2, 0.25) is 0 Å². The van der Waals surface area contributed by atoms with E-state index >= 15 is 0 Å². The molecule has 1 aromatic rings. The Bertz CT molecular complexity index is 440. The van der Waals surface area contributed by atoms with Gasteiger partial charge in [-0.25, -0.2) is 0 Å². The van der Waals surface area contributed by atoms with Crippen molar-refractivity contribution in [2.24, 2.45) is 5.92 Å². The molecule has 3 nitrogen and oxygen atoms in total. The number of hydrogen-bond donors (Lipinski definition) is 2. The normalized spacial score (nSPS) is 34.1. The van der Waals surface area contributed by atoms with Crippen LogP contribution in [0.3, 0.4) is 0 Å². The average Bonchev–Trinajstić information content (AvgIpc) is 2.48. The van der Waals surface area contributed by atoms with E-state index < -0.39 is 6.10 Å². The van der Waals surface area contributed by atoms with Crippen LogP contribution in [0.1, 0.15) is 31.4 Å². The minimum Gasteiger partial charge on any atom is -0.387 e. The Kier molecular flexibility index (Phi) is 4.46. The predicted octanol–water partition coefficient (Wildman–Crippen LogP) is 2.55. The van der Waals surface area contributed by atoms with Crippen molar-refractivity contribution in [2.45, 2.75) is 38.0 Å². The summed E-state index contributed by atoms with van der Waals surface area (Å²) in [7, 11) is 0. The number of piperidine rings is 3. The molecule has 0 amide bonds. The monoisotopic (exact) mass is 338 g/mol. The first-order valence-corrected chi connectivity index (χ1v) is 8.35. The number of fused-ring (bicyclic) bond motifs is 3. The molecule has 3 heterocycles. The van der Waals surface area contributed by atoms with Gasteiger partial charge in [-0.05, 0) is 56.5 Å². The summed E-state index contributed by atoms with van der Waals surface area (Å²) in [5.41, 5.74) is 0.981. The number of aliphatic hydroxyl groups is 1. The number of nitrogens with one attached hydrogen (secondary N) is 1. The molecule has 110 valence electrons. The lowest BCUT2D eigenvalue weighted by Crippen LogP contribution is -2.61. The standard InChI is InChI=1S/C16H23BrN2O/c1-11-16(13-6-8-19(11)9-7-13)18-10-15(20)12-2-4-14(17)5-3-12/h2-5,11,13,15-16,18,20H,6-10H2,1H3/t11-,15?,16-/m1/s1. The van der Waals surface area contributed by atoms with Crippen molar-refractivity contribution in [3.8, 4) is 0 Å². The van der Waals surface area contributed by atoms with Gasteiger partial charge in [0.1, 0.15) is 0 Å². The van der Waals surface area contributed by atoms with Crippen molar-refractivity contribution in [1.29, 1.82) is 0 Å². The van der Waals surface area contributed by atoms with E-state index in [4.69, 9.17) is 0 Å². The van der Waals surface area contributed by atoms with Gasteiger partial charge in [0, 0.05) is 23.1 Å². The summed E-state index contributed by atoms with van der Waals surface area (Å²) in [5, 5.41) is 13.9. The van der Waals surface area contributed by atoms with Crippen LogP contribution >= 0.6 is 15.9 Å². The van der Waals surface area contributed by atoms with E-state index in [1.54, 1.807) is 0 Å². The summed E-state index contributed by atoms with van der Waals surface area (Å²) in [6, 6.07) is 9.06. The van der Waals surface area contributed by atoms with E-state index in [1.807, 2.05) is 24.3 Å². The summed E-state index contributed by atoms with van der Waals surface area (Å²) >= 11 is 3.42. The summed E-state index contributed by atoms with van der Waals surface area (Å²) in [6.07, 6.45) is 2.18. The second-order valence-corrected chi connectivity index (χ2v) is 7.03. The molecule has 2 N–H and O–H groups in total. The molecule has 3 atom stereocenters. The zero-order valence-corrected chi connectivity index (χ0v) is 13.5. The van der Waals surface area contributed by atoms with Gasteiger partial charge in [-0.2, -0.15) is 0 Å². The highest BCUT2D eigenvalue weighted by molar-refractivity contribution is 9.10. The Hall–Kier alpha value is -0.420. The topological polar surface area (TPSA) is 35.5 Å². The highest BCUT2D eigenvalue weighted by Crippen LogP contribution is 2.32. The molecule has 20 heavy (non-hydrogen) atoms. The third-order valence-corrected chi connectivity index (χ3v) is 5.51. The lowest BCUT2D eigenvalue weighted by molar-refractivity contribution is 0.0168. The van der Waals surface area contributed by atoms with Crippen LogP contribution in [0.25, 0.3) is 0 Å². The molecule has 0 aliphatic carbocycles. The van der Waals surface area contributed by atoms with E-state index in [9.17, 15) is 5.11 Å². The molecule has 2 bridgehead atoms. The molecule has 4 rings (SSSR count). The van der Waals surface area contributed by atoms with Gasteiger partial charge in [0.2, 0.25) is 0 Å². The first-order chi connectivity index (χ1) is 9.65. The lowest BCUT2D eigenvalue weighted by atomic mass is 9.79. The Balaban J connectivity index is 1.57. The molecular formula is C16H23BrN2O. The third-order valence-electron chi connectivity index (χ3n) is 4.98. The Labute approximate surface area is 129 Å². The van der Waals surface area contributed by atoms with Gasteiger partial charge < -0.3 is 10.4 Å². The first kappa shape index (κ1) is 14.5. The van der Waals surface area contributed by atoms with Crippen molar-refractivity contribution in [1.82, 2.24) is 10.2 Å². The van der Waals surface area contributed by atoms with Gasteiger partial charge in [-0.3, -0.25) is 4.90 Å². The maximum absolute atomic E-state index is 10.3. The smallest absolute Gasteiger partial charge is 0.0914 e. The van der Waals surface area contributed by atoms with E-state index in [-0.39, 0.29) is 0 Å². The summed E-state index contributed by atoms with van der Waals surface area (Å²) in [5.74, 6) is 0.784. The van der Waals surface area contributed by atoms with Crippen molar-refractivity contribution >= 4 is 15.9 Å². The highest BCUT2D eigenvalue weighted by atomic mass is 79.9. The molecule has 1 unspecified atom stereocenters. The molecule has 0 saturated carbocycles. The Morgan fingerprint density at radius 1 is 1.30 bits per heavy atom. The first-order valence-electron chi connectivity index (χ1n) is 7.56. The van der Waals surface area contributed by atoms with Gasteiger partial charge in [-0.1, -0.05) is 28.1 Å². The van der Waals surface area contributed by atoms with Crippen molar-refractivity contribution in [2.75, 3.05) is 19.6 Å². The number of aliphatic hydroxyl groups excluding tert-OH is 1. The zero-order valence-electron chi connectivity index (χ0n) is 11.9. The van der Waals surface area contributed by atoms with Crippen LogP contribution in [0, 0.1) is 5.92 Å². The second kappa shape index (κ2) is 6.14. The van der Waals surface area contributed by atoms with Crippen LogP contribution in [0.5, 0.6) is 0 Å². The van der Waals surface area contributed by atoms with E-state index in [0.717, 1.165) is 16.0 Å². The number of nitrogens with zero attached hydrogens (tertiary/aromatic N) is 1. The fourth-order valence-electron chi connectivity index (χ4n) is 3.69. The number of hydrogen-bond acceptors (Lipinski definition) is 3. The fourth-order valence-corrected chi connectivity index (χ4v) is 3.96. The Morgan fingerprint density at radius 3 is 2.55 bits per heavy atom. The van der Waals surface area contributed by atoms with Crippen molar-refractivity contribution in [3.63, 3.8) is 0 Å². The second-order valence-electron chi connectivity index (χ2n) is 6.12. The molecule has 0 aromatic heterocycles. The lowest BCUT2D eigenvalue weighted by Gasteiger charge is -2.50. The van der Waals surface area contributed by atoms with Gasteiger partial charge in [0.05, 0.1) is 6.10 Å². The van der Waals surface area contributed by atoms with Gasteiger partial charge in [0.15, 0.2) is 0 Å². The largest absolute Gasteiger partial charge is 0.387 e. The van der Waals surface area contributed by atoms with Crippen LogP contribution < -0.4 is 5.32 Å². The number of benzene rings is 1. The van der Waals surface area contributed by atoms with Gasteiger partial charge >= 0.3 is 0 Å². The average molecular weight is 339 g/mol. The molecule has 3 aliphatic rings. The fraction of sp³-hybridized carbons (Fsp3) is 0.625. The van der Waals surface area contributed by atoms with Crippen molar-refractivity contribution in [3.05, 3.63) is 34.3 Å². The summed E-state index contributed by atoms with van der Waals surface area (Å²) in [6.45, 7) is 5.45. The quantitative estimate of drug-likeness (QED) is 0.885. The Morgan fingerprint density at radius 2 is 1.95 bits per heavy atom. The van der Waals surface area contributed by atoms with Crippen molar-refractivity contribution < 1.29 is 5.11 Å². The number of halogens is 1. The zero-order chi connectivity index (χ0) is 14.1. The predicted molar refractivity (Wildman–Crippen MR) is 84.7 cm³/mol. The summed E-state index contributed by atoms with van der Waals surface area (Å²) in [4.78, 5) is 2.57. The minimum absolute atomic E-state index is 0.425. The molecule has 3 saturated heterocycles. The minimum atomic E-state index is -0.425. The third kappa shape index (κ3) is 2.93. The van der Waals surface area contributed by atoms with Crippen LogP contribution in [0.4, 0.5) is 0 Å². The molecule has 3 fully saturated rings. The molecule has 0 spiro atoms. The van der Waals surface area contributed by atoms with Gasteiger partial charge in [0.25, 0.3) is 0 Å². The van der Waals surface area contributed by atoms with E-state index in [1.165, 1.54) is 25.9 Å². The maximum Gasteiger partial charge on any atom is 0.0914 e. The molecular weight excluding hydrogens is 316 g/mol. The molecule has 0 radical (unpaired) electrons. The van der Waals surface area contributed by atoms with Gasteiger partial charge in [-0.15, -0.1) is 0 Å². The van der Waals surface area contributed by atoms with Crippen LogP contribution in [-0.2, 0) is 0 Å². The number of rotatable bonds is 4. The van der Waals surface area contributed by atoms with E-state index in [0.29, 0.717) is 18.6 Å². The SMILES string of the molecule is C[C@@H]1[C@@H](NCC(O)c2ccc(Br)cc2)C2CCN1CC2. The van der Waals surface area contributed by atoms with E-state index in [2.05, 4.69) is 33.1 Å². The maximum atomic E-state index is 10.3. The highest BCUT2D eigenvalue weighted by Gasteiger charge is 2.39. The molecule has 3 aliphatic heterocycles. The summed E-state index contributed by atoms with van der Waals surface area (Å²) < 4.78 is 1.05. The van der Waals surface area contributed by atoms with Crippen LogP contribution in [-0.4, -0.2) is 41.7 Å². The molecule has 4 heteroatoms. The van der Waals surface area contributed by atoms with Crippen LogP contribution in [0.15, 0.2) is 28.7 Å².